The van der Waals surface area contributed by atoms with E-state index in [1.165, 1.54) is 24.4 Å². The van der Waals surface area contributed by atoms with Crippen molar-refractivity contribution in [2.75, 3.05) is 6.61 Å². The van der Waals surface area contributed by atoms with Gasteiger partial charge < -0.3 is 14.6 Å². The zero-order chi connectivity index (χ0) is 30.1. The summed E-state index contributed by atoms with van der Waals surface area (Å²) in [7, 11) is -4.79. The minimum Gasteiger partial charge on any atom is -0.477 e. The second kappa shape index (κ2) is 11.2. The number of aromatic nitrogens is 3. The monoisotopic (exact) mass is 604 g/mol. The maximum absolute atomic E-state index is 13.9. The number of halogens is 3. The predicted molar refractivity (Wildman–Crippen MR) is 145 cm³/mol. The number of fused-ring (bicyclic) bond motifs is 1. The van der Waals surface area contributed by atoms with Crippen molar-refractivity contribution in [1.29, 1.82) is 0 Å². The summed E-state index contributed by atoms with van der Waals surface area (Å²) in [4.78, 5) is 15.8. The van der Waals surface area contributed by atoms with Crippen molar-refractivity contribution in [3.8, 4) is 17.4 Å². The van der Waals surface area contributed by atoms with E-state index in [1.807, 2.05) is 0 Å². The van der Waals surface area contributed by atoms with Crippen LogP contribution in [-0.2, 0) is 16.2 Å². The summed E-state index contributed by atoms with van der Waals surface area (Å²) in [5.74, 6) is -1.61. The number of ether oxygens (including phenoxy) is 2. The summed E-state index contributed by atoms with van der Waals surface area (Å²) < 4.78 is 80.8. The zero-order valence-corrected chi connectivity index (χ0v) is 23.1. The molecule has 0 aliphatic heterocycles. The highest BCUT2D eigenvalue weighted by Crippen LogP contribution is 2.38. The number of carbonyl (C=O) groups is 1. The number of para-hydroxylation sites is 1. The van der Waals surface area contributed by atoms with Crippen molar-refractivity contribution in [3.05, 3.63) is 72.1 Å². The fraction of sp³-hybridized carbons (Fsp3) is 0.321. The van der Waals surface area contributed by atoms with Crippen LogP contribution >= 0.6 is 0 Å². The first-order valence-electron chi connectivity index (χ1n) is 13.0. The fourth-order valence-electron chi connectivity index (χ4n) is 4.69. The number of alkyl halides is 3. The van der Waals surface area contributed by atoms with Gasteiger partial charge >= 0.3 is 6.18 Å². The smallest absolute Gasteiger partial charge is 0.421 e. The molecule has 1 amide bonds. The number of carbonyl (C=O) groups excluding carboxylic acids is 1. The van der Waals surface area contributed by atoms with Crippen LogP contribution in [-0.4, -0.2) is 46.8 Å². The number of aromatic amines is 1. The van der Waals surface area contributed by atoms with Crippen molar-refractivity contribution in [2.45, 2.75) is 49.3 Å². The number of pyridine rings is 1. The Bertz CT molecular complexity index is 1710. The summed E-state index contributed by atoms with van der Waals surface area (Å²) >= 11 is 0. The third-order valence-corrected chi connectivity index (χ3v) is 8.40. The molecule has 5 rings (SSSR count). The first-order valence-corrected chi connectivity index (χ1v) is 14.5. The Morgan fingerprint density at radius 3 is 2.57 bits per heavy atom. The number of aliphatic hydroxyl groups is 1. The van der Waals surface area contributed by atoms with Crippen LogP contribution in [0, 0.1) is 5.92 Å². The molecular weight excluding hydrogens is 577 g/mol. The zero-order valence-electron chi connectivity index (χ0n) is 22.3. The second-order valence-corrected chi connectivity index (χ2v) is 12.1. The molecule has 1 aliphatic carbocycles. The van der Waals surface area contributed by atoms with Crippen LogP contribution in [0.25, 0.3) is 10.9 Å². The highest BCUT2D eigenvalue weighted by molar-refractivity contribution is 7.90. The van der Waals surface area contributed by atoms with E-state index in [0.29, 0.717) is 54.6 Å². The van der Waals surface area contributed by atoms with Gasteiger partial charge in [0.25, 0.3) is 15.9 Å². The van der Waals surface area contributed by atoms with Crippen molar-refractivity contribution in [2.24, 2.45) is 5.92 Å². The van der Waals surface area contributed by atoms with Crippen LogP contribution < -0.4 is 14.2 Å². The second-order valence-electron chi connectivity index (χ2n) is 10.4. The Morgan fingerprint density at radius 2 is 1.83 bits per heavy atom. The molecule has 0 spiro atoms. The Kier molecular flexibility index (Phi) is 7.86. The molecule has 1 saturated carbocycles. The third kappa shape index (κ3) is 6.49. The highest BCUT2D eigenvalue weighted by atomic mass is 32.2. The van der Waals surface area contributed by atoms with Gasteiger partial charge in [-0.25, -0.2) is 18.1 Å². The molecule has 2 aromatic heterocycles. The van der Waals surface area contributed by atoms with Crippen molar-refractivity contribution < 1.29 is 41.0 Å². The van der Waals surface area contributed by atoms with E-state index < -0.39 is 44.0 Å². The Balaban J connectivity index is 1.34. The highest BCUT2D eigenvalue weighted by Gasteiger charge is 2.38. The van der Waals surface area contributed by atoms with Gasteiger partial charge in [0, 0.05) is 0 Å². The number of nitrogens with zero attached hydrogens (tertiary/aromatic N) is 2. The molecule has 0 unspecified atom stereocenters. The SMILES string of the molecule is CC1(O)CCC(COc2ncc(S(=O)(=O)NC(=O)c3ccccc3Oc3cccc4[nH]ncc34)cc2C(F)(F)F)CC1. The van der Waals surface area contributed by atoms with E-state index >= 15 is 0 Å². The quantitative estimate of drug-likeness (QED) is 0.249. The molecule has 3 N–H and O–H groups in total. The molecule has 0 radical (unpaired) electrons. The number of benzene rings is 2. The van der Waals surface area contributed by atoms with Gasteiger partial charge in [-0.1, -0.05) is 18.2 Å². The minimum absolute atomic E-state index is 0.0148. The average molecular weight is 605 g/mol. The normalized spacial score (nSPS) is 19.4. The van der Waals surface area contributed by atoms with Gasteiger partial charge in [-0.15, -0.1) is 0 Å². The molecule has 0 bridgehead atoms. The summed E-state index contributed by atoms with van der Waals surface area (Å²) in [6.45, 7) is 1.64. The van der Waals surface area contributed by atoms with Crippen molar-refractivity contribution in [3.63, 3.8) is 0 Å². The Morgan fingerprint density at radius 1 is 1.12 bits per heavy atom. The van der Waals surface area contributed by atoms with Gasteiger partial charge in [-0.05, 0) is 68.9 Å². The summed E-state index contributed by atoms with van der Waals surface area (Å²) in [5, 5.41) is 17.4. The topological polar surface area (TPSA) is 144 Å². The Hall–Kier alpha value is -4.17. The minimum atomic E-state index is -4.98. The lowest BCUT2D eigenvalue weighted by molar-refractivity contribution is -0.139. The molecule has 0 saturated heterocycles. The lowest BCUT2D eigenvalue weighted by Crippen LogP contribution is -2.32. The van der Waals surface area contributed by atoms with Crippen molar-refractivity contribution in [1.82, 2.24) is 19.9 Å². The van der Waals surface area contributed by atoms with E-state index in [1.54, 1.807) is 35.9 Å². The largest absolute Gasteiger partial charge is 0.477 e. The van der Waals surface area contributed by atoms with Crippen LogP contribution in [0.5, 0.6) is 17.4 Å². The molecule has 0 atom stereocenters. The average Bonchev–Trinajstić information content (AvgIpc) is 3.42. The van der Waals surface area contributed by atoms with Gasteiger partial charge in [-0.2, -0.15) is 18.3 Å². The molecule has 42 heavy (non-hydrogen) atoms. The summed E-state index contributed by atoms with van der Waals surface area (Å²) in [6.07, 6.45) is -0.646. The van der Waals surface area contributed by atoms with E-state index in [-0.39, 0.29) is 23.8 Å². The molecule has 4 aromatic rings. The van der Waals surface area contributed by atoms with E-state index in [0.717, 1.165) is 0 Å². The lowest BCUT2D eigenvalue weighted by Gasteiger charge is -2.32. The first kappa shape index (κ1) is 29.3. The van der Waals surface area contributed by atoms with E-state index in [4.69, 9.17) is 9.47 Å². The number of hydrogen-bond acceptors (Lipinski definition) is 8. The number of sulfonamides is 1. The molecule has 2 aromatic carbocycles. The van der Waals surface area contributed by atoms with E-state index in [9.17, 15) is 31.5 Å². The van der Waals surface area contributed by atoms with Crippen LogP contribution in [0.1, 0.15) is 48.5 Å². The standard InChI is InChI=1S/C28H27F3N4O6S/c1-27(37)11-9-17(10-12-27)16-40-26-21(28(29,30)31)13-18(14-32-26)42(38,39)35-25(36)19-5-2-3-7-23(19)41-24-8-4-6-22-20(24)15-33-34-22/h2-8,13-15,17,37H,9-12,16H2,1H3,(H,33,34)(H,35,36). The van der Waals surface area contributed by atoms with Crippen LogP contribution in [0.15, 0.2) is 65.8 Å². The summed E-state index contributed by atoms with van der Waals surface area (Å²) in [6, 6.07) is 11.3. The van der Waals surface area contributed by atoms with E-state index in [2.05, 4.69) is 15.2 Å². The summed E-state index contributed by atoms with van der Waals surface area (Å²) in [5.41, 5.74) is -1.70. The van der Waals surface area contributed by atoms with Gasteiger partial charge in [0.1, 0.15) is 22.0 Å². The lowest BCUT2D eigenvalue weighted by atomic mass is 9.80. The maximum Gasteiger partial charge on any atom is 0.421 e. The number of hydrogen-bond donors (Lipinski definition) is 3. The Labute approximate surface area is 238 Å². The molecule has 2 heterocycles. The molecule has 1 aliphatic rings. The fourth-order valence-corrected chi connectivity index (χ4v) is 5.63. The molecular formula is C28H27F3N4O6S. The third-order valence-electron chi connectivity index (χ3n) is 7.10. The molecule has 14 heteroatoms. The number of rotatable bonds is 8. The van der Waals surface area contributed by atoms with Crippen molar-refractivity contribution >= 4 is 26.8 Å². The number of nitrogens with one attached hydrogen (secondary N) is 2. The van der Waals surface area contributed by atoms with Crippen LogP contribution in [0.4, 0.5) is 13.2 Å². The van der Waals surface area contributed by atoms with Crippen LogP contribution in [0.3, 0.4) is 0 Å². The maximum atomic E-state index is 13.9. The van der Waals surface area contributed by atoms with Gasteiger partial charge in [-0.3, -0.25) is 9.89 Å². The van der Waals surface area contributed by atoms with Crippen LogP contribution in [0.2, 0.25) is 0 Å². The molecule has 1 fully saturated rings. The molecule has 10 nitrogen and oxygen atoms in total. The molecule has 222 valence electrons. The predicted octanol–water partition coefficient (Wildman–Crippen LogP) is 5.21. The number of amides is 1. The van der Waals surface area contributed by atoms with Gasteiger partial charge in [0.05, 0.1) is 41.1 Å². The van der Waals surface area contributed by atoms with Gasteiger partial charge in [0.15, 0.2) is 0 Å². The first-order chi connectivity index (χ1) is 19.8. The van der Waals surface area contributed by atoms with Gasteiger partial charge in [0.2, 0.25) is 5.88 Å². The number of H-pyrrole nitrogens is 1.